The number of nitrogens with zero attached hydrogens (tertiary/aromatic N) is 2. The predicted octanol–water partition coefficient (Wildman–Crippen LogP) is 1.81. The molecule has 1 aromatic rings. The molecule has 1 rings (SSSR count). The summed E-state index contributed by atoms with van der Waals surface area (Å²) in [5.74, 6) is 0.561. The summed E-state index contributed by atoms with van der Waals surface area (Å²) in [6.45, 7) is 6.02. The van der Waals surface area contributed by atoms with Crippen molar-refractivity contribution in [2.24, 2.45) is 0 Å². The van der Waals surface area contributed by atoms with Gasteiger partial charge in [-0.25, -0.2) is 15.2 Å². The standard InChI is InChI=1S/C11H18N4O2/c1-4-6-9-10(12-7-8(3)13-9)14-15-11(16)17-5-2/h7H,4-6H2,1-3H3,(H,12,14)(H,15,16). The van der Waals surface area contributed by atoms with Gasteiger partial charge in [0, 0.05) is 0 Å². The van der Waals surface area contributed by atoms with E-state index in [0.717, 1.165) is 24.2 Å². The second kappa shape index (κ2) is 6.67. The largest absolute Gasteiger partial charge is 0.449 e. The highest BCUT2D eigenvalue weighted by Gasteiger charge is 2.07. The van der Waals surface area contributed by atoms with E-state index in [1.807, 2.05) is 6.92 Å². The molecule has 0 radical (unpaired) electrons. The van der Waals surface area contributed by atoms with E-state index in [9.17, 15) is 4.79 Å². The molecule has 0 saturated heterocycles. The van der Waals surface area contributed by atoms with Crippen molar-refractivity contribution in [2.45, 2.75) is 33.6 Å². The molecule has 0 aliphatic heterocycles. The lowest BCUT2D eigenvalue weighted by molar-refractivity contribution is 0.154. The van der Waals surface area contributed by atoms with E-state index in [-0.39, 0.29) is 0 Å². The molecule has 1 aromatic heterocycles. The fourth-order valence-electron chi connectivity index (χ4n) is 1.32. The SMILES string of the molecule is CCCc1nc(C)cnc1NNC(=O)OCC. The van der Waals surface area contributed by atoms with Crippen molar-refractivity contribution in [3.05, 3.63) is 17.6 Å². The van der Waals surface area contributed by atoms with Gasteiger partial charge in [-0.2, -0.15) is 0 Å². The third-order valence-corrected chi connectivity index (χ3v) is 2.01. The van der Waals surface area contributed by atoms with E-state index in [1.165, 1.54) is 0 Å². The van der Waals surface area contributed by atoms with Gasteiger partial charge in [-0.1, -0.05) is 13.3 Å². The first kappa shape index (κ1) is 13.2. The molecule has 1 heterocycles. The quantitative estimate of drug-likeness (QED) is 0.765. The van der Waals surface area contributed by atoms with Crippen LogP contribution in [0.15, 0.2) is 6.20 Å². The maximum atomic E-state index is 11.1. The highest BCUT2D eigenvalue weighted by atomic mass is 16.5. The van der Waals surface area contributed by atoms with Crippen molar-refractivity contribution in [2.75, 3.05) is 12.0 Å². The van der Waals surface area contributed by atoms with Crippen LogP contribution in [0.1, 0.15) is 31.7 Å². The first-order valence-electron chi connectivity index (χ1n) is 5.68. The molecule has 6 nitrogen and oxygen atoms in total. The Morgan fingerprint density at radius 3 is 2.88 bits per heavy atom. The summed E-state index contributed by atoms with van der Waals surface area (Å²) < 4.78 is 4.73. The van der Waals surface area contributed by atoms with Gasteiger partial charge in [0.05, 0.1) is 24.2 Å². The number of hydrazine groups is 1. The van der Waals surface area contributed by atoms with Crippen LogP contribution in [0.25, 0.3) is 0 Å². The Morgan fingerprint density at radius 2 is 2.24 bits per heavy atom. The van der Waals surface area contributed by atoms with Gasteiger partial charge < -0.3 is 4.74 Å². The van der Waals surface area contributed by atoms with Crippen LogP contribution in [-0.2, 0) is 11.2 Å². The molecule has 2 N–H and O–H groups in total. The van der Waals surface area contributed by atoms with Crippen LogP contribution in [0, 0.1) is 6.92 Å². The minimum atomic E-state index is -0.530. The van der Waals surface area contributed by atoms with Gasteiger partial charge in [0.1, 0.15) is 0 Å². The second-order valence-corrected chi connectivity index (χ2v) is 3.53. The Hall–Kier alpha value is -1.85. The van der Waals surface area contributed by atoms with Gasteiger partial charge in [-0.3, -0.25) is 10.4 Å². The average molecular weight is 238 g/mol. The van der Waals surface area contributed by atoms with E-state index in [2.05, 4.69) is 27.7 Å². The van der Waals surface area contributed by atoms with Crippen molar-refractivity contribution in [1.29, 1.82) is 0 Å². The molecule has 0 atom stereocenters. The highest BCUT2D eigenvalue weighted by Crippen LogP contribution is 2.11. The van der Waals surface area contributed by atoms with Crippen molar-refractivity contribution in [3.8, 4) is 0 Å². The van der Waals surface area contributed by atoms with Crippen LogP contribution in [0.5, 0.6) is 0 Å². The minimum Gasteiger partial charge on any atom is -0.449 e. The normalized spacial score (nSPS) is 9.82. The topological polar surface area (TPSA) is 76.1 Å². The summed E-state index contributed by atoms with van der Waals surface area (Å²) in [6.07, 6.45) is 2.89. The van der Waals surface area contributed by atoms with Gasteiger partial charge in [0.25, 0.3) is 0 Å². The maximum absolute atomic E-state index is 11.1. The van der Waals surface area contributed by atoms with E-state index < -0.39 is 6.09 Å². The number of ether oxygens (including phenoxy) is 1. The zero-order valence-electron chi connectivity index (χ0n) is 10.4. The Kier molecular flexibility index (Phi) is 5.19. The van der Waals surface area contributed by atoms with Crippen LogP contribution < -0.4 is 10.9 Å². The smallest absolute Gasteiger partial charge is 0.425 e. The Labute approximate surface area is 101 Å². The molecule has 0 aromatic carbocycles. The van der Waals surface area contributed by atoms with Crippen molar-refractivity contribution < 1.29 is 9.53 Å². The number of hydrogen-bond acceptors (Lipinski definition) is 5. The number of carbonyl (C=O) groups excluding carboxylic acids is 1. The van der Waals surface area contributed by atoms with Gasteiger partial charge in [-0.05, 0) is 20.3 Å². The first-order chi connectivity index (χ1) is 8.17. The molecule has 94 valence electrons. The number of carbonyl (C=O) groups is 1. The summed E-state index contributed by atoms with van der Waals surface area (Å²) >= 11 is 0. The number of aromatic nitrogens is 2. The molecule has 17 heavy (non-hydrogen) atoms. The number of amides is 1. The number of aryl methyl sites for hydroxylation is 2. The zero-order chi connectivity index (χ0) is 12.7. The fraction of sp³-hybridized carbons (Fsp3) is 0.545. The molecular formula is C11H18N4O2. The molecule has 0 unspecified atom stereocenters. The third-order valence-electron chi connectivity index (χ3n) is 2.01. The molecule has 0 spiro atoms. The highest BCUT2D eigenvalue weighted by molar-refractivity contribution is 5.69. The van der Waals surface area contributed by atoms with Gasteiger partial charge >= 0.3 is 6.09 Å². The number of rotatable bonds is 5. The van der Waals surface area contributed by atoms with Crippen molar-refractivity contribution in [1.82, 2.24) is 15.4 Å². The van der Waals surface area contributed by atoms with Crippen LogP contribution in [0.2, 0.25) is 0 Å². The first-order valence-corrected chi connectivity index (χ1v) is 5.68. The predicted molar refractivity (Wildman–Crippen MR) is 64.5 cm³/mol. The summed E-state index contributed by atoms with van der Waals surface area (Å²) in [4.78, 5) is 19.7. The Balaban J connectivity index is 2.66. The Morgan fingerprint density at radius 1 is 1.47 bits per heavy atom. The van der Waals surface area contributed by atoms with E-state index in [0.29, 0.717) is 12.4 Å². The molecule has 6 heteroatoms. The zero-order valence-corrected chi connectivity index (χ0v) is 10.4. The molecule has 0 bridgehead atoms. The second-order valence-electron chi connectivity index (χ2n) is 3.53. The third kappa shape index (κ3) is 4.26. The fourth-order valence-corrected chi connectivity index (χ4v) is 1.32. The molecular weight excluding hydrogens is 220 g/mol. The number of hydrogen-bond donors (Lipinski definition) is 2. The minimum absolute atomic E-state index is 0.328. The lowest BCUT2D eigenvalue weighted by Crippen LogP contribution is -2.31. The summed E-state index contributed by atoms with van der Waals surface area (Å²) in [5.41, 5.74) is 6.81. The van der Waals surface area contributed by atoms with Gasteiger partial charge in [-0.15, -0.1) is 0 Å². The van der Waals surface area contributed by atoms with Crippen molar-refractivity contribution in [3.63, 3.8) is 0 Å². The molecule has 1 amide bonds. The summed E-state index contributed by atoms with van der Waals surface area (Å²) in [7, 11) is 0. The summed E-state index contributed by atoms with van der Waals surface area (Å²) in [5, 5.41) is 0. The van der Waals surface area contributed by atoms with Crippen molar-refractivity contribution >= 4 is 11.9 Å². The van der Waals surface area contributed by atoms with Crippen LogP contribution in [0.4, 0.5) is 10.6 Å². The number of nitrogens with one attached hydrogen (secondary N) is 2. The average Bonchev–Trinajstić information content (AvgIpc) is 2.29. The monoisotopic (exact) mass is 238 g/mol. The van der Waals surface area contributed by atoms with E-state index >= 15 is 0 Å². The molecule has 0 saturated carbocycles. The lowest BCUT2D eigenvalue weighted by atomic mass is 10.2. The van der Waals surface area contributed by atoms with E-state index in [4.69, 9.17) is 4.74 Å². The van der Waals surface area contributed by atoms with Crippen LogP contribution in [-0.4, -0.2) is 22.7 Å². The van der Waals surface area contributed by atoms with Gasteiger partial charge in [0.2, 0.25) is 0 Å². The molecule has 0 fully saturated rings. The Bertz CT molecular complexity index is 382. The summed E-state index contributed by atoms with van der Waals surface area (Å²) in [6, 6.07) is 0. The van der Waals surface area contributed by atoms with Crippen LogP contribution >= 0.6 is 0 Å². The maximum Gasteiger partial charge on any atom is 0.425 e. The lowest BCUT2D eigenvalue weighted by Gasteiger charge is -2.11. The number of anilines is 1. The molecule has 0 aliphatic rings. The van der Waals surface area contributed by atoms with Gasteiger partial charge in [0.15, 0.2) is 5.82 Å². The van der Waals surface area contributed by atoms with Crippen LogP contribution in [0.3, 0.4) is 0 Å². The van der Waals surface area contributed by atoms with E-state index in [1.54, 1.807) is 13.1 Å². The molecule has 0 aliphatic carbocycles.